The molecule has 1 saturated heterocycles. The number of carbonyl (C=O) groups is 3. The molecule has 1 rings (SSSR count). The first-order valence-electron chi connectivity index (χ1n) is 13.7. The van der Waals surface area contributed by atoms with Gasteiger partial charge in [-0.1, -0.05) is 59.8 Å². The summed E-state index contributed by atoms with van der Waals surface area (Å²) in [6.07, 6.45) is 8.04. The maximum absolute atomic E-state index is 13.1. The van der Waals surface area contributed by atoms with E-state index in [2.05, 4.69) is 31.4 Å². The fraction of sp³-hybridized carbons (Fsp3) is 0.889. The van der Waals surface area contributed by atoms with Gasteiger partial charge in [0, 0.05) is 19.5 Å². The third-order valence-electron chi connectivity index (χ3n) is 7.30. The molecule has 0 saturated carbocycles. The molecule has 35 heavy (non-hydrogen) atoms. The number of unbranched alkanes of at least 4 members (excludes halogenated alkanes) is 1. The lowest BCUT2D eigenvalue weighted by atomic mass is 9.89. The van der Waals surface area contributed by atoms with E-state index in [0.717, 1.165) is 51.4 Å². The number of ether oxygens (including phenoxy) is 1. The standard InChI is InChI=1S/C27H51N3O5/c1-7-9-15-28-26(33)20(4)17-24(31)23-16-19(3)13-11-10-12-14-22(8-2)35-18-25(32)30(6)21(5)27(34)29-23/h19-24,31H,7-18H2,1-6H3,(H,28,33)(H,29,34)/t19-,20?,21+,22?,23+,24?/m1/s1. The molecule has 6 atom stereocenters. The summed E-state index contributed by atoms with van der Waals surface area (Å²) in [5.74, 6) is -0.671. The molecule has 1 heterocycles. The molecule has 3 amide bonds. The second kappa shape index (κ2) is 16.9. The Labute approximate surface area is 212 Å². The van der Waals surface area contributed by atoms with Crippen LogP contribution in [0.3, 0.4) is 0 Å². The Hall–Kier alpha value is -1.67. The van der Waals surface area contributed by atoms with Gasteiger partial charge in [-0.2, -0.15) is 0 Å². The van der Waals surface area contributed by atoms with Crippen molar-refractivity contribution in [2.75, 3.05) is 20.2 Å². The van der Waals surface area contributed by atoms with Crippen LogP contribution >= 0.6 is 0 Å². The van der Waals surface area contributed by atoms with Crippen molar-refractivity contribution >= 4 is 17.7 Å². The number of aliphatic hydroxyl groups is 1. The summed E-state index contributed by atoms with van der Waals surface area (Å²) in [4.78, 5) is 39.5. The lowest BCUT2D eigenvalue weighted by molar-refractivity contribution is -0.144. The summed E-state index contributed by atoms with van der Waals surface area (Å²) in [6, 6.07) is -1.18. The van der Waals surface area contributed by atoms with E-state index in [1.54, 1.807) is 14.0 Å². The van der Waals surface area contributed by atoms with Crippen LogP contribution in [0.25, 0.3) is 0 Å². The van der Waals surface area contributed by atoms with Gasteiger partial charge in [0.15, 0.2) is 0 Å². The SMILES string of the molecule is CCCCNC(=O)C(C)CC(O)[C@@H]1C[C@H](C)CCCCCC(CC)OCC(=O)N(C)[C@@H](C)C(=O)N1. The maximum Gasteiger partial charge on any atom is 0.248 e. The summed E-state index contributed by atoms with van der Waals surface area (Å²) >= 11 is 0. The molecule has 1 aliphatic rings. The number of nitrogens with zero attached hydrogens (tertiary/aromatic N) is 1. The first kappa shape index (κ1) is 31.4. The molecule has 3 unspecified atom stereocenters. The molecule has 8 nitrogen and oxygen atoms in total. The molecule has 0 spiro atoms. The average molecular weight is 498 g/mol. The number of carbonyl (C=O) groups excluding carboxylic acids is 3. The number of hydrogen-bond acceptors (Lipinski definition) is 5. The van der Waals surface area contributed by atoms with Crippen molar-refractivity contribution in [1.29, 1.82) is 0 Å². The fourth-order valence-corrected chi connectivity index (χ4v) is 4.49. The van der Waals surface area contributed by atoms with Crippen LogP contribution in [0.2, 0.25) is 0 Å². The first-order chi connectivity index (χ1) is 16.6. The highest BCUT2D eigenvalue weighted by Gasteiger charge is 2.30. The quantitative estimate of drug-likeness (QED) is 0.446. The molecule has 0 aromatic heterocycles. The average Bonchev–Trinajstić information content (AvgIpc) is 2.83. The molecule has 0 bridgehead atoms. The topological polar surface area (TPSA) is 108 Å². The van der Waals surface area contributed by atoms with Crippen LogP contribution < -0.4 is 10.6 Å². The number of hydrogen-bond donors (Lipinski definition) is 3. The smallest absolute Gasteiger partial charge is 0.248 e. The van der Waals surface area contributed by atoms with E-state index in [4.69, 9.17) is 4.74 Å². The van der Waals surface area contributed by atoms with Crippen LogP contribution in [0.15, 0.2) is 0 Å². The van der Waals surface area contributed by atoms with E-state index in [1.807, 2.05) is 6.92 Å². The van der Waals surface area contributed by atoms with Crippen LogP contribution in [0.5, 0.6) is 0 Å². The van der Waals surface area contributed by atoms with Crippen LogP contribution in [-0.4, -0.2) is 72.2 Å². The second-order valence-electron chi connectivity index (χ2n) is 10.5. The van der Waals surface area contributed by atoms with Crippen LogP contribution in [0.4, 0.5) is 0 Å². The molecule has 3 N–H and O–H groups in total. The molecule has 0 aromatic carbocycles. The van der Waals surface area contributed by atoms with Crippen LogP contribution in [0, 0.1) is 11.8 Å². The molecule has 0 aromatic rings. The zero-order valence-electron chi connectivity index (χ0n) is 23.0. The first-order valence-corrected chi connectivity index (χ1v) is 13.7. The van der Waals surface area contributed by atoms with Crippen LogP contribution in [0.1, 0.15) is 98.8 Å². The van der Waals surface area contributed by atoms with Gasteiger partial charge in [-0.05, 0) is 44.9 Å². The molecular formula is C27H51N3O5. The summed E-state index contributed by atoms with van der Waals surface area (Å²) in [6.45, 7) is 10.4. The lowest BCUT2D eigenvalue weighted by Crippen LogP contribution is -2.53. The largest absolute Gasteiger partial charge is 0.391 e. The minimum absolute atomic E-state index is 0.0413. The molecule has 8 heteroatoms. The molecule has 1 fully saturated rings. The van der Waals surface area contributed by atoms with Crippen molar-refractivity contribution in [3.05, 3.63) is 0 Å². The summed E-state index contributed by atoms with van der Waals surface area (Å²) in [7, 11) is 1.61. The highest BCUT2D eigenvalue weighted by molar-refractivity contribution is 5.87. The van der Waals surface area contributed by atoms with Gasteiger partial charge in [0.2, 0.25) is 17.7 Å². The van der Waals surface area contributed by atoms with Gasteiger partial charge in [0.05, 0.1) is 18.2 Å². The minimum atomic E-state index is -0.853. The van der Waals surface area contributed by atoms with E-state index in [9.17, 15) is 19.5 Å². The Morgan fingerprint density at radius 2 is 1.89 bits per heavy atom. The monoisotopic (exact) mass is 497 g/mol. The van der Waals surface area contributed by atoms with Gasteiger partial charge in [-0.15, -0.1) is 0 Å². The van der Waals surface area contributed by atoms with E-state index in [1.165, 1.54) is 4.90 Å². The van der Waals surface area contributed by atoms with Gasteiger partial charge >= 0.3 is 0 Å². The van der Waals surface area contributed by atoms with Crippen molar-refractivity contribution in [2.24, 2.45) is 11.8 Å². The summed E-state index contributed by atoms with van der Waals surface area (Å²) in [5.41, 5.74) is 0. The van der Waals surface area contributed by atoms with Crippen molar-refractivity contribution < 1.29 is 24.2 Å². The Morgan fingerprint density at radius 1 is 1.20 bits per heavy atom. The molecule has 1 aliphatic heterocycles. The van der Waals surface area contributed by atoms with Gasteiger partial charge in [-0.25, -0.2) is 0 Å². The Morgan fingerprint density at radius 3 is 2.54 bits per heavy atom. The number of aliphatic hydroxyl groups excluding tert-OH is 1. The number of likely N-dealkylation sites (N-methyl/N-ethyl adjacent to an activating group) is 1. The van der Waals surface area contributed by atoms with Gasteiger partial charge < -0.3 is 25.4 Å². The third kappa shape index (κ3) is 11.7. The summed E-state index contributed by atoms with van der Waals surface area (Å²) < 4.78 is 5.84. The molecule has 204 valence electrons. The zero-order valence-corrected chi connectivity index (χ0v) is 23.0. The highest BCUT2D eigenvalue weighted by Crippen LogP contribution is 2.21. The zero-order chi connectivity index (χ0) is 26.4. The van der Waals surface area contributed by atoms with Crippen molar-refractivity contribution in [3.63, 3.8) is 0 Å². The normalized spacial score (nSPS) is 27.7. The van der Waals surface area contributed by atoms with E-state index < -0.39 is 18.2 Å². The van der Waals surface area contributed by atoms with Crippen molar-refractivity contribution in [3.8, 4) is 0 Å². The van der Waals surface area contributed by atoms with Gasteiger partial charge in [0.25, 0.3) is 0 Å². The van der Waals surface area contributed by atoms with Gasteiger partial charge in [0.1, 0.15) is 12.6 Å². The highest BCUT2D eigenvalue weighted by atomic mass is 16.5. The minimum Gasteiger partial charge on any atom is -0.391 e. The predicted molar refractivity (Wildman–Crippen MR) is 139 cm³/mol. The predicted octanol–water partition coefficient (Wildman–Crippen LogP) is 3.41. The van der Waals surface area contributed by atoms with Crippen LogP contribution in [-0.2, 0) is 19.1 Å². The van der Waals surface area contributed by atoms with Crippen molar-refractivity contribution in [2.45, 2.75) is 123 Å². The number of amides is 3. The molecule has 0 radical (unpaired) electrons. The maximum atomic E-state index is 13.1. The second-order valence-corrected chi connectivity index (χ2v) is 10.5. The van der Waals surface area contributed by atoms with E-state index in [-0.39, 0.29) is 42.8 Å². The Bertz CT molecular complexity index is 644. The Balaban J connectivity index is 2.91. The molecule has 0 aliphatic carbocycles. The van der Waals surface area contributed by atoms with Crippen molar-refractivity contribution in [1.82, 2.24) is 15.5 Å². The Kier molecular flexibility index (Phi) is 15.1. The number of nitrogens with one attached hydrogen (secondary N) is 2. The number of rotatable bonds is 8. The summed E-state index contributed by atoms with van der Waals surface area (Å²) in [5, 5.41) is 17.0. The lowest BCUT2D eigenvalue weighted by Gasteiger charge is -2.31. The fourth-order valence-electron chi connectivity index (χ4n) is 4.49. The van der Waals surface area contributed by atoms with E-state index >= 15 is 0 Å². The molecular weight excluding hydrogens is 446 g/mol. The third-order valence-corrected chi connectivity index (χ3v) is 7.30. The van der Waals surface area contributed by atoms with Gasteiger partial charge in [-0.3, -0.25) is 14.4 Å². The van der Waals surface area contributed by atoms with E-state index in [0.29, 0.717) is 18.9 Å².